The second-order valence-corrected chi connectivity index (χ2v) is 29.0. The van der Waals surface area contributed by atoms with Crippen LogP contribution in [-0.2, 0) is 62.0 Å². The molecule has 0 heterocycles. The van der Waals surface area contributed by atoms with Gasteiger partial charge in [0.1, 0.15) is 39.6 Å². The Hall–Kier alpha value is -3.75. The fourth-order valence-electron chi connectivity index (χ4n) is 14.7. The lowest BCUT2D eigenvalue weighted by Crippen LogP contribution is -2.31. The Morgan fingerprint density at radius 1 is 0.341 bits per heavy atom. The van der Waals surface area contributed by atoms with E-state index in [0.29, 0.717) is 55.9 Å². The predicted molar refractivity (Wildman–Crippen MR) is 362 cm³/mol. The molecule has 0 spiro atoms. The highest BCUT2D eigenvalue weighted by Gasteiger charge is 2.32. The van der Waals surface area contributed by atoms with Crippen LogP contribution < -0.4 is 5.32 Å². The maximum Gasteiger partial charge on any atom is 0.308 e. The molecule has 0 saturated heterocycles. The van der Waals surface area contributed by atoms with Crippen molar-refractivity contribution in [3.63, 3.8) is 0 Å². The summed E-state index contributed by atoms with van der Waals surface area (Å²) in [5.41, 5.74) is 0. The number of hydrogen-bond acceptors (Lipinski definition) is 14. The number of esters is 6. The summed E-state index contributed by atoms with van der Waals surface area (Å²) >= 11 is 0. The first-order valence-corrected chi connectivity index (χ1v) is 38.2. The smallest absolute Gasteiger partial charge is 0.308 e. The molecule has 4 rings (SSSR count). The lowest BCUT2D eigenvalue weighted by Gasteiger charge is -2.28. The van der Waals surface area contributed by atoms with Gasteiger partial charge in [-0.15, -0.1) is 0 Å². The lowest BCUT2D eigenvalue weighted by atomic mass is 9.78. The fraction of sp³-hybridized carbons (Fsp3) is 0.908. The van der Waals surface area contributed by atoms with E-state index in [1.807, 2.05) is 0 Å². The lowest BCUT2D eigenvalue weighted by molar-refractivity contribution is -0.159. The van der Waals surface area contributed by atoms with Crippen molar-refractivity contribution in [2.75, 3.05) is 65.8 Å². The number of nitrogens with one attached hydrogen (secondary N) is 1. The summed E-state index contributed by atoms with van der Waals surface area (Å²) in [6.45, 7) is 13.9. The Labute approximate surface area is 553 Å². The van der Waals surface area contributed by atoms with Crippen molar-refractivity contribution in [1.29, 1.82) is 0 Å². The summed E-state index contributed by atoms with van der Waals surface area (Å²) in [7, 11) is 0. The molecular formula is C76H134N2O13. The van der Waals surface area contributed by atoms with Gasteiger partial charge in [-0.25, -0.2) is 0 Å². The van der Waals surface area contributed by atoms with Crippen molar-refractivity contribution in [3.05, 3.63) is 0 Å². The van der Waals surface area contributed by atoms with Crippen molar-refractivity contribution in [2.45, 2.75) is 317 Å². The molecule has 4 aliphatic rings. The summed E-state index contributed by atoms with van der Waals surface area (Å²) in [4.78, 5) is 93.3. The van der Waals surface area contributed by atoms with Crippen LogP contribution in [0.5, 0.6) is 0 Å². The SMILES string of the molecule is CCCCCC1CCC(CC(=O)OCC(COC(=O)CCCCCN(CCCCCC(=O)OCC(COC(=O)C2CCC(CCCCC)CC2)COC(=O)C2CCC(CCCCC)CC2)CCCCNC(C)=O)COC(=O)CC2CCC(CCCCC)CC2)CC1. The first kappa shape index (κ1) is 79.7. The maximum atomic E-state index is 13.3. The van der Waals surface area contributed by atoms with Gasteiger partial charge in [0.05, 0.1) is 23.7 Å². The molecular weight excluding hydrogens is 1150 g/mol. The number of nitrogens with zero attached hydrogens (tertiary/aromatic N) is 1. The Morgan fingerprint density at radius 2 is 0.637 bits per heavy atom. The first-order chi connectivity index (χ1) is 44.3. The molecule has 4 aliphatic carbocycles. The van der Waals surface area contributed by atoms with Crippen LogP contribution in [0.25, 0.3) is 0 Å². The summed E-state index contributed by atoms with van der Waals surface area (Å²) in [6, 6.07) is 0. The molecule has 0 unspecified atom stereocenters. The highest BCUT2D eigenvalue weighted by atomic mass is 16.6. The van der Waals surface area contributed by atoms with Gasteiger partial charge in [0.15, 0.2) is 0 Å². The van der Waals surface area contributed by atoms with E-state index in [1.165, 1.54) is 135 Å². The second-order valence-electron chi connectivity index (χ2n) is 29.0. The molecule has 4 saturated carbocycles. The summed E-state index contributed by atoms with van der Waals surface area (Å²) < 4.78 is 35.0. The number of amides is 1. The van der Waals surface area contributed by atoms with Gasteiger partial charge in [0, 0.05) is 39.2 Å². The number of carbonyl (C=O) groups excluding carboxylic acids is 7. The van der Waals surface area contributed by atoms with E-state index >= 15 is 0 Å². The molecule has 15 nitrogen and oxygen atoms in total. The number of rotatable bonds is 51. The molecule has 0 bridgehead atoms. The average Bonchev–Trinajstić information content (AvgIpc) is 3.74. The normalized spacial score (nSPS) is 22.5. The topological polar surface area (TPSA) is 190 Å². The van der Waals surface area contributed by atoms with Crippen LogP contribution in [0.15, 0.2) is 0 Å². The monoisotopic (exact) mass is 1280 g/mol. The Kier molecular flexibility index (Phi) is 44.4. The minimum Gasteiger partial charge on any atom is -0.465 e. The standard InChI is InChI=1S/C76H134N2O13/c1-6-10-16-26-61-32-36-65(37-33-61)52-73(82)88-56-67(57-89-74(83)53-66-38-34-62(35-39-66)27-17-11-7-2)54-86-71(80)30-20-14-23-49-78(51-25-22-48-77-60(5)79)50-24-15-21-31-72(81)87-55-68(58-90-75(84)69-44-40-63(41-45-69)28-18-12-8-3)59-91-76(85)70-46-42-64(43-47-70)29-19-13-9-4/h61-70H,6-59H2,1-5H3,(H,77,79). The van der Waals surface area contributed by atoms with Gasteiger partial charge < -0.3 is 38.6 Å². The van der Waals surface area contributed by atoms with Crippen LogP contribution in [0.1, 0.15) is 317 Å². The van der Waals surface area contributed by atoms with Gasteiger partial charge in [-0.3, -0.25) is 33.6 Å². The molecule has 91 heavy (non-hydrogen) atoms. The summed E-state index contributed by atoms with van der Waals surface area (Å²) in [5.74, 6) is 0.917. The van der Waals surface area contributed by atoms with Gasteiger partial charge in [-0.1, -0.05) is 169 Å². The van der Waals surface area contributed by atoms with E-state index in [2.05, 4.69) is 37.9 Å². The third-order valence-electron chi connectivity index (χ3n) is 20.9. The van der Waals surface area contributed by atoms with Gasteiger partial charge in [0.2, 0.25) is 5.91 Å². The highest BCUT2D eigenvalue weighted by Crippen LogP contribution is 2.37. The quantitative estimate of drug-likeness (QED) is 0.0344. The molecule has 15 heteroatoms. The number of ether oxygens (including phenoxy) is 6. The third kappa shape index (κ3) is 38.4. The molecule has 0 aromatic rings. The molecule has 0 aliphatic heterocycles. The maximum absolute atomic E-state index is 13.3. The molecule has 0 radical (unpaired) electrons. The van der Waals surface area contributed by atoms with Crippen LogP contribution in [0.3, 0.4) is 0 Å². The van der Waals surface area contributed by atoms with Gasteiger partial charge in [-0.05, 0) is 171 Å². The van der Waals surface area contributed by atoms with Gasteiger partial charge in [-0.2, -0.15) is 0 Å². The van der Waals surface area contributed by atoms with Crippen LogP contribution in [-0.4, -0.2) is 112 Å². The largest absolute Gasteiger partial charge is 0.465 e. The van der Waals surface area contributed by atoms with Crippen molar-refractivity contribution >= 4 is 41.7 Å². The van der Waals surface area contributed by atoms with Crippen LogP contribution in [0.4, 0.5) is 0 Å². The predicted octanol–water partition coefficient (Wildman–Crippen LogP) is 17.1. The molecule has 0 aromatic carbocycles. The van der Waals surface area contributed by atoms with E-state index in [-0.39, 0.29) is 106 Å². The molecule has 1 N–H and O–H groups in total. The minimum atomic E-state index is -0.442. The zero-order valence-corrected chi connectivity index (χ0v) is 58.7. The molecule has 1 amide bonds. The highest BCUT2D eigenvalue weighted by molar-refractivity contribution is 5.74. The number of hydrogen-bond donors (Lipinski definition) is 1. The van der Waals surface area contributed by atoms with E-state index in [4.69, 9.17) is 28.4 Å². The molecule has 0 aromatic heterocycles. The molecule has 526 valence electrons. The zero-order valence-electron chi connectivity index (χ0n) is 58.7. The Morgan fingerprint density at radius 3 is 0.967 bits per heavy atom. The average molecular weight is 1280 g/mol. The van der Waals surface area contributed by atoms with Crippen LogP contribution in [0.2, 0.25) is 0 Å². The Bertz CT molecular complexity index is 1840. The zero-order chi connectivity index (χ0) is 65.5. The third-order valence-corrected chi connectivity index (χ3v) is 20.9. The molecule has 4 fully saturated rings. The van der Waals surface area contributed by atoms with Crippen molar-refractivity contribution in [1.82, 2.24) is 10.2 Å². The fourth-order valence-corrected chi connectivity index (χ4v) is 14.7. The van der Waals surface area contributed by atoms with Crippen LogP contribution >= 0.6 is 0 Å². The van der Waals surface area contributed by atoms with Crippen molar-refractivity contribution in [2.24, 2.45) is 59.2 Å². The summed E-state index contributed by atoms with van der Waals surface area (Å²) in [6.07, 6.45) is 44.5. The summed E-state index contributed by atoms with van der Waals surface area (Å²) in [5, 5.41) is 2.90. The van der Waals surface area contributed by atoms with E-state index < -0.39 is 11.8 Å². The van der Waals surface area contributed by atoms with Gasteiger partial charge >= 0.3 is 35.8 Å². The first-order valence-electron chi connectivity index (χ1n) is 38.2. The van der Waals surface area contributed by atoms with E-state index in [1.54, 1.807) is 0 Å². The van der Waals surface area contributed by atoms with E-state index in [0.717, 1.165) is 147 Å². The van der Waals surface area contributed by atoms with Crippen molar-refractivity contribution < 1.29 is 62.0 Å². The molecule has 0 atom stereocenters. The number of unbranched alkanes of at least 4 members (excludes halogenated alkanes) is 13. The number of carbonyl (C=O) groups is 7. The van der Waals surface area contributed by atoms with Crippen LogP contribution in [0, 0.1) is 59.2 Å². The Balaban J connectivity index is 1.19. The second kappa shape index (κ2) is 50.6. The minimum absolute atomic E-state index is 0.0179. The van der Waals surface area contributed by atoms with Gasteiger partial charge in [0.25, 0.3) is 0 Å². The van der Waals surface area contributed by atoms with Crippen molar-refractivity contribution in [3.8, 4) is 0 Å². The van der Waals surface area contributed by atoms with E-state index in [9.17, 15) is 33.6 Å².